The maximum atomic E-state index is 12.5. The van der Waals surface area contributed by atoms with Gasteiger partial charge in [0, 0.05) is 10.9 Å². The van der Waals surface area contributed by atoms with Crippen molar-refractivity contribution in [1.29, 1.82) is 0 Å². The highest BCUT2D eigenvalue weighted by molar-refractivity contribution is 7.12. The van der Waals surface area contributed by atoms with Gasteiger partial charge in [0.15, 0.2) is 0 Å². The molecular formula is C17H22N2OS2. The molecule has 0 aliphatic carbocycles. The Labute approximate surface area is 140 Å². The average molecular weight is 335 g/mol. The molecule has 3 heterocycles. The van der Waals surface area contributed by atoms with Gasteiger partial charge in [-0.2, -0.15) is 0 Å². The minimum absolute atomic E-state index is 0.0563. The van der Waals surface area contributed by atoms with E-state index < -0.39 is 0 Å². The van der Waals surface area contributed by atoms with Crippen LogP contribution >= 0.6 is 22.7 Å². The van der Waals surface area contributed by atoms with Crippen LogP contribution in [-0.4, -0.2) is 29.9 Å². The Morgan fingerprint density at radius 2 is 2.00 bits per heavy atom. The topological polar surface area (TPSA) is 32.3 Å². The lowest BCUT2D eigenvalue weighted by molar-refractivity contribution is 0.0911. The fourth-order valence-corrected chi connectivity index (χ4v) is 4.97. The average Bonchev–Trinajstić information content (AvgIpc) is 3.20. The summed E-state index contributed by atoms with van der Waals surface area (Å²) in [5, 5.41) is 7.32. The van der Waals surface area contributed by atoms with Gasteiger partial charge in [0.2, 0.25) is 0 Å². The highest BCUT2D eigenvalue weighted by Crippen LogP contribution is 2.31. The summed E-state index contributed by atoms with van der Waals surface area (Å²) in [5.41, 5.74) is 1.06. The summed E-state index contributed by atoms with van der Waals surface area (Å²) in [4.78, 5) is 17.2. The van der Waals surface area contributed by atoms with E-state index in [1.165, 1.54) is 29.1 Å². The molecule has 2 atom stereocenters. The fraction of sp³-hybridized carbons (Fsp3) is 0.471. The summed E-state index contributed by atoms with van der Waals surface area (Å²) in [7, 11) is 0. The van der Waals surface area contributed by atoms with E-state index in [4.69, 9.17) is 0 Å². The van der Waals surface area contributed by atoms with Gasteiger partial charge in [-0.05, 0) is 68.2 Å². The van der Waals surface area contributed by atoms with Crippen LogP contribution in [-0.2, 0) is 0 Å². The number of nitrogens with zero attached hydrogens (tertiary/aromatic N) is 1. The first-order chi connectivity index (χ1) is 10.7. The molecule has 3 nitrogen and oxygen atoms in total. The quantitative estimate of drug-likeness (QED) is 0.894. The minimum Gasteiger partial charge on any atom is -0.347 e. The third kappa shape index (κ3) is 3.26. The number of aryl methyl sites for hydroxylation is 1. The van der Waals surface area contributed by atoms with Crippen LogP contribution in [0.2, 0.25) is 0 Å². The Hall–Kier alpha value is -1.17. The first kappa shape index (κ1) is 15.7. The van der Waals surface area contributed by atoms with Crippen LogP contribution in [0.15, 0.2) is 29.0 Å². The lowest BCUT2D eigenvalue weighted by Crippen LogP contribution is -2.43. The number of nitrogens with one attached hydrogen (secondary N) is 1. The van der Waals surface area contributed by atoms with Gasteiger partial charge in [0.25, 0.3) is 5.91 Å². The van der Waals surface area contributed by atoms with Crippen LogP contribution in [0.4, 0.5) is 0 Å². The van der Waals surface area contributed by atoms with Gasteiger partial charge < -0.3 is 5.32 Å². The number of amides is 1. The lowest BCUT2D eigenvalue weighted by atomic mass is 10.1. The molecule has 1 aliphatic heterocycles. The van der Waals surface area contributed by atoms with E-state index in [9.17, 15) is 4.79 Å². The fourth-order valence-electron chi connectivity index (χ4n) is 3.18. The first-order valence-electron chi connectivity index (χ1n) is 7.79. The molecule has 0 saturated carbocycles. The third-order valence-corrected chi connectivity index (χ3v) is 6.23. The van der Waals surface area contributed by atoms with E-state index in [-0.39, 0.29) is 18.0 Å². The van der Waals surface area contributed by atoms with Gasteiger partial charge >= 0.3 is 0 Å². The molecule has 2 aromatic rings. The molecule has 1 N–H and O–H groups in total. The maximum Gasteiger partial charge on any atom is 0.261 e. The molecule has 0 spiro atoms. The standard InChI is InChI=1S/C17H22N2OS2/c1-12-7-11-22-16(12)17(20)18-13(2)15(14-6-5-10-21-14)19-8-3-4-9-19/h5-7,10-11,13,15H,3-4,8-9H2,1-2H3,(H,18,20)/t13-,15-/m0/s1. The Balaban J connectivity index is 1.76. The second-order valence-corrected chi connectivity index (χ2v) is 7.79. The zero-order valence-corrected chi connectivity index (χ0v) is 14.7. The molecule has 22 heavy (non-hydrogen) atoms. The summed E-state index contributed by atoms with van der Waals surface area (Å²) >= 11 is 3.30. The number of carbonyl (C=O) groups excluding carboxylic acids is 1. The van der Waals surface area contributed by atoms with Crippen LogP contribution in [0.1, 0.15) is 45.9 Å². The molecule has 5 heteroatoms. The third-order valence-electron chi connectivity index (χ3n) is 4.27. The molecule has 1 aliphatic rings. The molecule has 0 aromatic carbocycles. The van der Waals surface area contributed by atoms with Crippen molar-refractivity contribution in [2.45, 2.75) is 38.8 Å². The smallest absolute Gasteiger partial charge is 0.261 e. The van der Waals surface area contributed by atoms with E-state index in [0.29, 0.717) is 0 Å². The van der Waals surface area contributed by atoms with Crippen LogP contribution in [0.25, 0.3) is 0 Å². The molecule has 1 fully saturated rings. The second-order valence-electron chi connectivity index (χ2n) is 5.90. The van der Waals surface area contributed by atoms with Gasteiger partial charge in [-0.1, -0.05) is 6.07 Å². The van der Waals surface area contributed by atoms with Crippen molar-refractivity contribution in [3.63, 3.8) is 0 Å². The number of rotatable bonds is 5. The van der Waals surface area contributed by atoms with Crippen LogP contribution in [0.5, 0.6) is 0 Å². The van der Waals surface area contributed by atoms with E-state index in [1.807, 2.05) is 18.4 Å². The summed E-state index contributed by atoms with van der Waals surface area (Å²) in [6.45, 7) is 6.37. The molecule has 2 aromatic heterocycles. The Bertz CT molecular complexity index is 614. The highest BCUT2D eigenvalue weighted by atomic mass is 32.1. The SMILES string of the molecule is Cc1ccsc1C(=O)N[C@@H](C)[C@@H](c1cccs1)N1CCCC1. The van der Waals surface area contributed by atoms with Gasteiger partial charge in [0.05, 0.1) is 10.9 Å². The van der Waals surface area contributed by atoms with Crippen molar-refractivity contribution >= 4 is 28.6 Å². The lowest BCUT2D eigenvalue weighted by Gasteiger charge is -2.32. The zero-order valence-electron chi connectivity index (χ0n) is 13.0. The van der Waals surface area contributed by atoms with Crippen LogP contribution in [0, 0.1) is 6.92 Å². The number of likely N-dealkylation sites (tertiary alicyclic amines) is 1. The second kappa shape index (κ2) is 6.94. The number of hydrogen-bond acceptors (Lipinski definition) is 4. The molecule has 0 bridgehead atoms. The summed E-state index contributed by atoms with van der Waals surface area (Å²) in [6, 6.07) is 6.67. The van der Waals surface area contributed by atoms with Crippen LogP contribution < -0.4 is 5.32 Å². The van der Waals surface area contributed by atoms with Crippen molar-refractivity contribution in [1.82, 2.24) is 10.2 Å². The number of carbonyl (C=O) groups is 1. The molecule has 118 valence electrons. The summed E-state index contributed by atoms with van der Waals surface area (Å²) in [5.74, 6) is 0.0563. The van der Waals surface area contributed by atoms with Gasteiger partial charge in [-0.15, -0.1) is 22.7 Å². The number of hydrogen-bond donors (Lipinski definition) is 1. The first-order valence-corrected chi connectivity index (χ1v) is 9.55. The van der Waals surface area contributed by atoms with E-state index in [0.717, 1.165) is 23.5 Å². The van der Waals surface area contributed by atoms with Crippen LogP contribution in [0.3, 0.4) is 0 Å². The van der Waals surface area contributed by atoms with E-state index >= 15 is 0 Å². The molecular weight excluding hydrogens is 312 g/mol. The monoisotopic (exact) mass is 334 g/mol. The largest absolute Gasteiger partial charge is 0.347 e. The predicted molar refractivity (Wildman–Crippen MR) is 93.9 cm³/mol. The Morgan fingerprint density at radius 3 is 2.59 bits per heavy atom. The summed E-state index contributed by atoms with van der Waals surface area (Å²) in [6.07, 6.45) is 2.51. The molecule has 0 radical (unpaired) electrons. The predicted octanol–water partition coefficient (Wildman–Crippen LogP) is 4.07. The maximum absolute atomic E-state index is 12.5. The molecule has 0 unspecified atom stereocenters. The molecule has 1 saturated heterocycles. The molecule has 3 rings (SSSR count). The van der Waals surface area contributed by atoms with E-state index in [2.05, 4.69) is 34.7 Å². The van der Waals surface area contributed by atoms with Crippen molar-refractivity contribution in [2.24, 2.45) is 0 Å². The minimum atomic E-state index is 0.0563. The highest BCUT2D eigenvalue weighted by Gasteiger charge is 2.30. The number of thiophene rings is 2. The van der Waals surface area contributed by atoms with Gasteiger partial charge in [-0.25, -0.2) is 0 Å². The Morgan fingerprint density at radius 1 is 1.23 bits per heavy atom. The zero-order chi connectivity index (χ0) is 15.5. The molecule has 1 amide bonds. The van der Waals surface area contributed by atoms with Crippen molar-refractivity contribution < 1.29 is 4.79 Å². The van der Waals surface area contributed by atoms with E-state index in [1.54, 1.807) is 11.3 Å². The van der Waals surface area contributed by atoms with Gasteiger partial charge in [-0.3, -0.25) is 9.69 Å². The van der Waals surface area contributed by atoms with Crippen molar-refractivity contribution in [2.75, 3.05) is 13.1 Å². The van der Waals surface area contributed by atoms with Crippen molar-refractivity contribution in [3.05, 3.63) is 44.3 Å². The normalized spacial score (nSPS) is 18.3. The Kier molecular flexibility index (Phi) is 4.96. The summed E-state index contributed by atoms with van der Waals surface area (Å²) < 4.78 is 0. The van der Waals surface area contributed by atoms with Crippen molar-refractivity contribution in [3.8, 4) is 0 Å². The van der Waals surface area contributed by atoms with Gasteiger partial charge in [0.1, 0.15) is 0 Å².